The summed E-state index contributed by atoms with van der Waals surface area (Å²) in [6, 6.07) is 14.2. The van der Waals surface area contributed by atoms with Gasteiger partial charge in [0.15, 0.2) is 5.75 Å². The lowest BCUT2D eigenvalue weighted by atomic mass is 10.1. The summed E-state index contributed by atoms with van der Waals surface area (Å²) in [6.45, 7) is 3.71. The van der Waals surface area contributed by atoms with Crippen molar-refractivity contribution >= 4 is 16.6 Å². The quantitative estimate of drug-likeness (QED) is 0.525. The smallest absolute Gasteiger partial charge is 0.269 e. The molecule has 3 aromatic rings. The summed E-state index contributed by atoms with van der Waals surface area (Å²) in [4.78, 5) is 14.9. The highest BCUT2D eigenvalue weighted by Gasteiger charge is 2.11. The molecule has 0 amide bonds. The van der Waals surface area contributed by atoms with Gasteiger partial charge in [0.05, 0.1) is 4.92 Å². The van der Waals surface area contributed by atoms with Crippen molar-refractivity contribution < 1.29 is 9.66 Å². The largest absolute Gasteiger partial charge is 0.455 e. The number of nitrogens with zero attached hydrogens (tertiary/aromatic N) is 2. The predicted molar refractivity (Wildman–Crippen MR) is 84.4 cm³/mol. The Morgan fingerprint density at radius 2 is 1.86 bits per heavy atom. The number of hydrogen-bond donors (Lipinski definition) is 0. The number of ether oxygens (including phenoxy) is 1. The van der Waals surface area contributed by atoms with E-state index in [1.807, 2.05) is 37.3 Å². The fraction of sp³-hybridized carbons (Fsp3) is 0.118. The van der Waals surface area contributed by atoms with Crippen LogP contribution >= 0.6 is 0 Å². The fourth-order valence-corrected chi connectivity index (χ4v) is 2.28. The molecule has 0 fully saturated rings. The van der Waals surface area contributed by atoms with Gasteiger partial charge in [-0.2, -0.15) is 0 Å². The van der Waals surface area contributed by atoms with Gasteiger partial charge in [-0.15, -0.1) is 0 Å². The zero-order valence-electron chi connectivity index (χ0n) is 12.2. The number of aryl methyl sites for hydroxylation is 2. The third kappa shape index (κ3) is 2.61. The summed E-state index contributed by atoms with van der Waals surface area (Å²) >= 11 is 0. The van der Waals surface area contributed by atoms with Gasteiger partial charge in [0, 0.05) is 23.2 Å². The molecule has 0 saturated carbocycles. The van der Waals surface area contributed by atoms with Crippen molar-refractivity contribution in [3.8, 4) is 11.5 Å². The average molecular weight is 294 g/mol. The van der Waals surface area contributed by atoms with E-state index >= 15 is 0 Å². The lowest BCUT2D eigenvalue weighted by Gasteiger charge is -2.10. The Kier molecular flexibility index (Phi) is 3.47. The van der Waals surface area contributed by atoms with Gasteiger partial charge in [-0.3, -0.25) is 10.1 Å². The van der Waals surface area contributed by atoms with Crippen LogP contribution in [0.4, 0.5) is 5.69 Å². The van der Waals surface area contributed by atoms with Crippen molar-refractivity contribution in [2.24, 2.45) is 0 Å². The molecule has 0 spiro atoms. The van der Waals surface area contributed by atoms with Crippen molar-refractivity contribution in [2.45, 2.75) is 13.8 Å². The number of rotatable bonds is 3. The van der Waals surface area contributed by atoms with Gasteiger partial charge < -0.3 is 4.74 Å². The minimum atomic E-state index is -0.417. The molecule has 0 aliphatic heterocycles. The zero-order chi connectivity index (χ0) is 15.7. The van der Waals surface area contributed by atoms with Crippen LogP contribution in [-0.4, -0.2) is 9.91 Å². The summed E-state index contributed by atoms with van der Waals surface area (Å²) in [6.07, 6.45) is 0. The van der Waals surface area contributed by atoms with Crippen LogP contribution in [0.3, 0.4) is 0 Å². The van der Waals surface area contributed by atoms with Gasteiger partial charge in [0.2, 0.25) is 0 Å². The first kappa shape index (κ1) is 14.0. The third-order valence-corrected chi connectivity index (χ3v) is 3.41. The van der Waals surface area contributed by atoms with Crippen LogP contribution in [0.5, 0.6) is 11.5 Å². The highest BCUT2D eigenvalue weighted by Crippen LogP contribution is 2.32. The van der Waals surface area contributed by atoms with E-state index in [4.69, 9.17) is 4.74 Å². The van der Waals surface area contributed by atoms with Crippen molar-refractivity contribution in [1.29, 1.82) is 0 Å². The predicted octanol–water partition coefficient (Wildman–Crippen LogP) is 4.55. The van der Waals surface area contributed by atoms with Crippen LogP contribution in [0.2, 0.25) is 0 Å². The molecule has 5 nitrogen and oxygen atoms in total. The van der Waals surface area contributed by atoms with Crippen LogP contribution in [0.1, 0.15) is 11.3 Å². The number of para-hydroxylation sites is 1. The number of non-ortho nitro benzene ring substituents is 1. The molecule has 2 aromatic carbocycles. The van der Waals surface area contributed by atoms with Crippen LogP contribution < -0.4 is 4.74 Å². The van der Waals surface area contributed by atoms with E-state index < -0.39 is 4.92 Å². The van der Waals surface area contributed by atoms with Crippen LogP contribution in [0.25, 0.3) is 10.9 Å². The SMILES string of the molecule is Cc1ccc2cccc(Oc3ccc([N+](=O)[O-])cc3C)c2n1. The number of aromatic nitrogens is 1. The van der Waals surface area contributed by atoms with Gasteiger partial charge in [0.25, 0.3) is 5.69 Å². The molecule has 0 N–H and O–H groups in total. The first-order valence-electron chi connectivity index (χ1n) is 6.84. The van der Waals surface area contributed by atoms with Gasteiger partial charge in [0.1, 0.15) is 11.3 Å². The molecular weight excluding hydrogens is 280 g/mol. The van der Waals surface area contributed by atoms with Crippen LogP contribution in [0, 0.1) is 24.0 Å². The van der Waals surface area contributed by atoms with Crippen molar-refractivity contribution in [3.63, 3.8) is 0 Å². The van der Waals surface area contributed by atoms with Gasteiger partial charge in [-0.1, -0.05) is 18.2 Å². The van der Waals surface area contributed by atoms with E-state index in [1.54, 1.807) is 13.0 Å². The van der Waals surface area contributed by atoms with E-state index in [1.165, 1.54) is 12.1 Å². The Labute approximate surface area is 127 Å². The first-order valence-corrected chi connectivity index (χ1v) is 6.84. The highest BCUT2D eigenvalue weighted by molar-refractivity contribution is 5.84. The molecule has 0 saturated heterocycles. The highest BCUT2D eigenvalue weighted by atomic mass is 16.6. The second kappa shape index (κ2) is 5.44. The Morgan fingerprint density at radius 3 is 2.59 bits per heavy atom. The Hall–Kier alpha value is -2.95. The lowest BCUT2D eigenvalue weighted by molar-refractivity contribution is -0.384. The van der Waals surface area contributed by atoms with E-state index in [0.717, 1.165) is 16.6 Å². The van der Waals surface area contributed by atoms with Crippen molar-refractivity contribution in [2.75, 3.05) is 0 Å². The standard InChI is InChI=1S/C17H14N2O3/c1-11-10-14(19(20)21)8-9-15(11)22-16-5-3-4-13-7-6-12(2)18-17(13)16/h3-10H,1-2H3. The second-order valence-corrected chi connectivity index (χ2v) is 5.09. The maximum atomic E-state index is 10.8. The lowest BCUT2D eigenvalue weighted by Crippen LogP contribution is -1.93. The number of nitro groups is 1. The summed E-state index contributed by atoms with van der Waals surface area (Å²) in [5.41, 5.74) is 2.44. The van der Waals surface area contributed by atoms with Crippen molar-refractivity contribution in [3.05, 3.63) is 69.9 Å². The molecule has 0 aliphatic carbocycles. The molecule has 22 heavy (non-hydrogen) atoms. The molecule has 1 aromatic heterocycles. The number of pyridine rings is 1. The van der Waals surface area contributed by atoms with Gasteiger partial charge in [-0.05, 0) is 37.6 Å². The fourth-order valence-electron chi connectivity index (χ4n) is 2.28. The number of benzene rings is 2. The topological polar surface area (TPSA) is 65.3 Å². The maximum Gasteiger partial charge on any atom is 0.269 e. The third-order valence-electron chi connectivity index (χ3n) is 3.41. The molecule has 0 atom stereocenters. The molecular formula is C17H14N2O3. The monoisotopic (exact) mass is 294 g/mol. The minimum Gasteiger partial charge on any atom is -0.455 e. The van der Waals surface area contributed by atoms with Gasteiger partial charge in [-0.25, -0.2) is 4.98 Å². The molecule has 3 rings (SSSR count). The Morgan fingerprint density at radius 1 is 1.05 bits per heavy atom. The van der Waals surface area contributed by atoms with E-state index in [2.05, 4.69) is 4.98 Å². The summed E-state index contributed by atoms with van der Waals surface area (Å²) in [7, 11) is 0. The number of nitro benzene ring substituents is 1. The molecule has 5 heteroatoms. The summed E-state index contributed by atoms with van der Waals surface area (Å²) in [5.74, 6) is 1.22. The first-order chi connectivity index (χ1) is 10.5. The summed E-state index contributed by atoms with van der Waals surface area (Å²) in [5, 5.41) is 11.8. The Bertz CT molecular complexity index is 875. The van der Waals surface area contributed by atoms with Gasteiger partial charge >= 0.3 is 0 Å². The minimum absolute atomic E-state index is 0.0525. The molecule has 110 valence electrons. The zero-order valence-corrected chi connectivity index (χ0v) is 12.2. The average Bonchev–Trinajstić information content (AvgIpc) is 2.49. The number of fused-ring (bicyclic) bond motifs is 1. The van der Waals surface area contributed by atoms with E-state index in [0.29, 0.717) is 17.1 Å². The molecule has 0 aliphatic rings. The van der Waals surface area contributed by atoms with Crippen LogP contribution in [0.15, 0.2) is 48.5 Å². The molecule has 0 unspecified atom stereocenters. The van der Waals surface area contributed by atoms with E-state index in [9.17, 15) is 10.1 Å². The maximum absolute atomic E-state index is 10.8. The molecule has 0 bridgehead atoms. The number of hydrogen-bond acceptors (Lipinski definition) is 4. The van der Waals surface area contributed by atoms with E-state index in [-0.39, 0.29) is 5.69 Å². The summed E-state index contributed by atoms with van der Waals surface area (Å²) < 4.78 is 5.93. The normalized spacial score (nSPS) is 10.6. The molecule has 0 radical (unpaired) electrons. The molecule has 1 heterocycles. The van der Waals surface area contributed by atoms with Crippen LogP contribution in [-0.2, 0) is 0 Å². The second-order valence-electron chi connectivity index (χ2n) is 5.09. The van der Waals surface area contributed by atoms with Crippen molar-refractivity contribution in [1.82, 2.24) is 4.98 Å². The Balaban J connectivity index is 2.03.